The van der Waals surface area contributed by atoms with E-state index in [-0.39, 0.29) is 9.92 Å². The smallest absolute Gasteiger partial charge is 0.433 e. The fourth-order valence-electron chi connectivity index (χ4n) is 1.56. The van der Waals surface area contributed by atoms with Gasteiger partial charge >= 0.3 is 12.2 Å². The van der Waals surface area contributed by atoms with Crippen molar-refractivity contribution in [3.63, 3.8) is 0 Å². The molecule has 0 spiro atoms. The van der Waals surface area contributed by atoms with Crippen molar-refractivity contribution in [2.24, 2.45) is 0 Å². The highest BCUT2D eigenvalue weighted by atomic mass is 35.5. The van der Waals surface area contributed by atoms with Crippen LogP contribution in [0.2, 0.25) is 5.02 Å². The molecule has 140 valence electrons. The number of amides is 2. The van der Waals surface area contributed by atoms with Gasteiger partial charge in [-0.05, 0) is 12.1 Å². The molecule has 8 nitrogen and oxygen atoms in total. The number of anilines is 1. The minimum absolute atomic E-state index is 0.0893. The van der Waals surface area contributed by atoms with E-state index in [1.807, 2.05) is 5.32 Å². The van der Waals surface area contributed by atoms with E-state index in [0.717, 1.165) is 7.11 Å². The summed E-state index contributed by atoms with van der Waals surface area (Å²) in [4.78, 5) is 18.5. The molecule has 0 aliphatic carbocycles. The Kier molecular flexibility index (Phi) is 6.34. The maximum absolute atomic E-state index is 12.7. The molecule has 2 rings (SSSR count). The van der Waals surface area contributed by atoms with Gasteiger partial charge in [-0.1, -0.05) is 23.7 Å². The molecule has 0 saturated carbocycles. The Labute approximate surface area is 152 Å². The Morgan fingerprint density at radius 2 is 1.96 bits per heavy atom. The van der Waals surface area contributed by atoms with Crippen molar-refractivity contribution in [2.75, 3.05) is 12.4 Å². The second-order valence-corrected chi connectivity index (χ2v) is 5.90. The molecule has 26 heavy (non-hydrogen) atoms. The third kappa shape index (κ3) is 5.28. The molecular formula is C13H10ClF3N4O4S. The maximum Gasteiger partial charge on any atom is 0.433 e. The minimum Gasteiger partial charge on any atom is -0.481 e. The van der Waals surface area contributed by atoms with E-state index in [4.69, 9.17) is 11.6 Å². The first kappa shape index (κ1) is 19.9. The van der Waals surface area contributed by atoms with Gasteiger partial charge < -0.3 is 4.74 Å². The Hall–Kier alpha value is -2.44. The van der Waals surface area contributed by atoms with Crippen LogP contribution in [0.15, 0.2) is 35.2 Å². The third-order valence-electron chi connectivity index (χ3n) is 2.65. The number of aromatic nitrogens is 2. The van der Waals surface area contributed by atoms with Gasteiger partial charge in [-0.2, -0.15) is 22.4 Å². The summed E-state index contributed by atoms with van der Waals surface area (Å²) in [6.07, 6.45) is -4.77. The molecule has 0 aliphatic rings. The van der Waals surface area contributed by atoms with Crippen LogP contribution in [0.3, 0.4) is 0 Å². The van der Waals surface area contributed by atoms with Crippen molar-refractivity contribution >= 4 is 34.7 Å². The Morgan fingerprint density at radius 3 is 2.58 bits per heavy atom. The van der Waals surface area contributed by atoms with E-state index >= 15 is 0 Å². The van der Waals surface area contributed by atoms with Crippen molar-refractivity contribution in [3.8, 4) is 5.88 Å². The predicted molar refractivity (Wildman–Crippen MR) is 84.7 cm³/mol. The van der Waals surface area contributed by atoms with Crippen molar-refractivity contribution in [1.82, 2.24) is 15.4 Å². The van der Waals surface area contributed by atoms with Crippen LogP contribution in [0.5, 0.6) is 5.88 Å². The molecule has 1 heterocycles. The molecule has 1 atom stereocenters. The number of ether oxygens (including phenoxy) is 1. The lowest BCUT2D eigenvalue weighted by Gasteiger charge is -2.10. The minimum atomic E-state index is -4.77. The number of hydrogen-bond acceptors (Lipinski definition) is 6. The lowest BCUT2D eigenvalue weighted by molar-refractivity contribution is -0.141. The highest BCUT2D eigenvalue weighted by molar-refractivity contribution is 7.80. The predicted octanol–water partition coefficient (Wildman–Crippen LogP) is 2.93. The average molecular weight is 411 g/mol. The van der Waals surface area contributed by atoms with Gasteiger partial charge in [0.05, 0.1) is 17.0 Å². The van der Waals surface area contributed by atoms with Crippen LogP contribution >= 0.6 is 11.6 Å². The molecule has 2 N–H and O–H groups in total. The number of hydrogen-bond donors (Lipinski definition) is 2. The summed E-state index contributed by atoms with van der Waals surface area (Å²) in [5, 5.41) is 2.04. The number of benzene rings is 1. The monoisotopic (exact) mass is 410 g/mol. The Bertz CT molecular complexity index is 837. The Balaban J connectivity index is 2.04. The topological polar surface area (TPSA) is 102 Å². The van der Waals surface area contributed by atoms with E-state index < -0.39 is 40.8 Å². The standard InChI is InChI=1S/C13H10ClF3N4O4S/c1-24-10-6-9(13(15,16)17)18-11(19-10)20-12(22)21-25-26(23)8-5-3-2-4-7(8)14/h2-6H,1H3,(H2,18,19,20,21,22). The quantitative estimate of drug-likeness (QED) is 0.735. The van der Waals surface area contributed by atoms with Crippen LogP contribution in [-0.4, -0.2) is 27.3 Å². The molecule has 0 aliphatic heterocycles. The van der Waals surface area contributed by atoms with Gasteiger partial charge in [-0.25, -0.2) is 19.5 Å². The summed E-state index contributed by atoms with van der Waals surface area (Å²) in [6, 6.07) is 5.41. The fourth-order valence-corrected chi connectivity index (χ4v) is 2.54. The lowest BCUT2D eigenvalue weighted by Crippen LogP contribution is -2.30. The summed E-state index contributed by atoms with van der Waals surface area (Å²) < 4.78 is 59.4. The average Bonchev–Trinajstić information content (AvgIpc) is 2.59. The van der Waals surface area contributed by atoms with Crippen LogP contribution in [0.1, 0.15) is 5.69 Å². The maximum atomic E-state index is 12.7. The SMILES string of the molecule is COc1cc(C(F)(F)F)nc(NC(=O)NOS(=O)c2ccccc2Cl)n1. The van der Waals surface area contributed by atoms with Crippen LogP contribution in [0.4, 0.5) is 23.9 Å². The van der Waals surface area contributed by atoms with Crippen LogP contribution in [-0.2, 0) is 21.5 Å². The van der Waals surface area contributed by atoms with E-state index in [0.29, 0.717) is 6.07 Å². The third-order valence-corrected chi connectivity index (χ3v) is 4.05. The van der Waals surface area contributed by atoms with Gasteiger partial charge in [0.25, 0.3) is 0 Å². The number of methoxy groups -OCH3 is 1. The Morgan fingerprint density at radius 1 is 1.27 bits per heavy atom. The highest BCUT2D eigenvalue weighted by Gasteiger charge is 2.34. The van der Waals surface area contributed by atoms with E-state index in [2.05, 4.69) is 19.0 Å². The van der Waals surface area contributed by atoms with Crippen LogP contribution in [0.25, 0.3) is 0 Å². The zero-order valence-electron chi connectivity index (χ0n) is 12.8. The molecular weight excluding hydrogens is 401 g/mol. The molecule has 2 aromatic rings. The number of hydroxylamine groups is 1. The van der Waals surface area contributed by atoms with Gasteiger partial charge in [-0.3, -0.25) is 5.32 Å². The molecule has 1 unspecified atom stereocenters. The molecule has 1 aromatic carbocycles. The van der Waals surface area contributed by atoms with E-state index in [9.17, 15) is 22.2 Å². The van der Waals surface area contributed by atoms with Gasteiger partial charge in [0, 0.05) is 6.07 Å². The zero-order valence-corrected chi connectivity index (χ0v) is 14.4. The summed E-state index contributed by atoms with van der Waals surface area (Å²) in [5.41, 5.74) is 0.422. The summed E-state index contributed by atoms with van der Waals surface area (Å²) in [5.74, 6) is -1.11. The first-order valence-corrected chi connectivity index (χ1v) is 8.07. The van der Waals surface area contributed by atoms with E-state index in [1.165, 1.54) is 12.1 Å². The first-order valence-electron chi connectivity index (χ1n) is 6.61. The van der Waals surface area contributed by atoms with Gasteiger partial charge in [0.1, 0.15) is 0 Å². The highest BCUT2D eigenvalue weighted by Crippen LogP contribution is 2.30. The molecule has 0 radical (unpaired) electrons. The number of nitrogens with one attached hydrogen (secondary N) is 2. The molecule has 1 aromatic heterocycles. The molecule has 0 bridgehead atoms. The summed E-state index contributed by atoms with van der Waals surface area (Å²) in [7, 11) is 1.10. The number of halogens is 4. The van der Waals surface area contributed by atoms with E-state index in [1.54, 1.807) is 17.6 Å². The molecule has 0 saturated heterocycles. The normalized spacial score (nSPS) is 12.3. The van der Waals surface area contributed by atoms with Crippen molar-refractivity contribution in [3.05, 3.63) is 41.0 Å². The number of carbonyl (C=O) groups is 1. The lowest BCUT2D eigenvalue weighted by atomic mass is 10.4. The number of nitrogens with zero attached hydrogens (tertiary/aromatic N) is 2. The zero-order chi connectivity index (χ0) is 19.3. The molecule has 13 heteroatoms. The number of alkyl halides is 3. The number of carbonyl (C=O) groups excluding carboxylic acids is 1. The second kappa shape index (κ2) is 8.29. The van der Waals surface area contributed by atoms with Crippen molar-refractivity contribution in [2.45, 2.75) is 11.1 Å². The second-order valence-electron chi connectivity index (χ2n) is 4.42. The molecule has 0 fully saturated rings. The van der Waals surface area contributed by atoms with Gasteiger partial charge in [0.2, 0.25) is 22.9 Å². The van der Waals surface area contributed by atoms with Crippen molar-refractivity contribution in [1.29, 1.82) is 0 Å². The van der Waals surface area contributed by atoms with Gasteiger partial charge in [-0.15, -0.1) is 0 Å². The van der Waals surface area contributed by atoms with Crippen LogP contribution < -0.4 is 15.5 Å². The van der Waals surface area contributed by atoms with Crippen LogP contribution in [0, 0.1) is 0 Å². The first-order chi connectivity index (χ1) is 12.2. The van der Waals surface area contributed by atoms with Crippen molar-refractivity contribution < 1.29 is 31.2 Å². The van der Waals surface area contributed by atoms with Gasteiger partial charge in [0.15, 0.2) is 5.69 Å². The summed E-state index contributed by atoms with van der Waals surface area (Å²) >= 11 is 3.67. The fraction of sp³-hybridized carbons (Fsp3) is 0.154. The number of rotatable bonds is 5. The number of urea groups is 1. The molecule has 2 amide bonds. The summed E-state index contributed by atoms with van der Waals surface area (Å²) in [6.45, 7) is 0. The largest absolute Gasteiger partial charge is 0.481 e.